The van der Waals surface area contributed by atoms with E-state index in [2.05, 4.69) is 26.1 Å². The Morgan fingerprint density at radius 2 is 2.10 bits per heavy atom. The van der Waals surface area contributed by atoms with Gasteiger partial charge in [0.2, 0.25) is 5.88 Å². The summed E-state index contributed by atoms with van der Waals surface area (Å²) >= 11 is 4.32. The number of halogens is 1. The van der Waals surface area contributed by atoms with Gasteiger partial charge in [-0.25, -0.2) is 0 Å². The molecule has 20 heavy (non-hydrogen) atoms. The van der Waals surface area contributed by atoms with Crippen LogP contribution in [-0.2, 0) is 9.53 Å². The number of carbonyl (C=O) groups excluding carboxylic acids is 2. The summed E-state index contributed by atoms with van der Waals surface area (Å²) in [7, 11) is 0. The van der Waals surface area contributed by atoms with Crippen LogP contribution in [0.25, 0.3) is 6.08 Å². The average Bonchev–Trinajstić information content (AvgIpc) is 2.94. The Balaban J connectivity index is 1.83. The maximum Gasteiger partial charge on any atom is 0.290 e. The zero-order valence-electron chi connectivity index (χ0n) is 10.3. The topological polar surface area (TPSA) is 71.8 Å². The molecule has 1 N–H and O–H groups in total. The van der Waals surface area contributed by atoms with Crippen LogP contribution in [-0.4, -0.2) is 37.4 Å². The summed E-state index contributed by atoms with van der Waals surface area (Å²) in [6, 6.07) is 1.79. The molecule has 1 aromatic rings. The molecule has 106 valence electrons. The molecule has 0 aliphatic carbocycles. The lowest BCUT2D eigenvalue weighted by atomic mass is 10.3. The summed E-state index contributed by atoms with van der Waals surface area (Å²) < 4.78 is 11.9. The van der Waals surface area contributed by atoms with Gasteiger partial charge in [0.05, 0.1) is 22.6 Å². The van der Waals surface area contributed by atoms with Gasteiger partial charge in [-0.15, -0.1) is 0 Å². The number of morpholine rings is 1. The summed E-state index contributed by atoms with van der Waals surface area (Å²) in [5.74, 6) is 0.862. The molecule has 6 nitrogen and oxygen atoms in total. The number of ether oxygens (including phenoxy) is 1. The summed E-state index contributed by atoms with van der Waals surface area (Å²) in [5, 5.41) is 1.85. The minimum atomic E-state index is -0.388. The van der Waals surface area contributed by atoms with Gasteiger partial charge in [0.15, 0.2) is 0 Å². The number of hydrogen-bond donors (Lipinski definition) is 1. The average molecular weight is 359 g/mol. The van der Waals surface area contributed by atoms with Gasteiger partial charge in [0.25, 0.3) is 11.1 Å². The fraction of sp³-hybridized carbons (Fsp3) is 0.333. The van der Waals surface area contributed by atoms with Crippen molar-refractivity contribution in [2.24, 2.45) is 0 Å². The van der Waals surface area contributed by atoms with Gasteiger partial charge in [-0.05, 0) is 27.7 Å². The van der Waals surface area contributed by atoms with E-state index in [4.69, 9.17) is 9.15 Å². The van der Waals surface area contributed by atoms with Gasteiger partial charge >= 0.3 is 0 Å². The number of hydrogen-bond acceptors (Lipinski definition) is 6. The van der Waals surface area contributed by atoms with Crippen LogP contribution in [0.1, 0.15) is 5.76 Å². The van der Waals surface area contributed by atoms with E-state index in [1.807, 2.05) is 0 Å². The van der Waals surface area contributed by atoms with Crippen LogP contribution in [0.5, 0.6) is 0 Å². The first-order valence-corrected chi connectivity index (χ1v) is 7.61. The van der Waals surface area contributed by atoms with Crippen molar-refractivity contribution in [1.29, 1.82) is 0 Å². The van der Waals surface area contributed by atoms with Gasteiger partial charge < -0.3 is 14.1 Å². The zero-order chi connectivity index (χ0) is 14.1. The highest BCUT2D eigenvalue weighted by molar-refractivity contribution is 9.10. The van der Waals surface area contributed by atoms with Gasteiger partial charge in [-0.3, -0.25) is 14.9 Å². The van der Waals surface area contributed by atoms with Crippen molar-refractivity contribution in [3.8, 4) is 0 Å². The van der Waals surface area contributed by atoms with Gasteiger partial charge in [-0.1, -0.05) is 0 Å². The zero-order valence-corrected chi connectivity index (χ0v) is 12.8. The van der Waals surface area contributed by atoms with Crippen LogP contribution in [0.15, 0.2) is 19.9 Å². The van der Waals surface area contributed by atoms with E-state index in [0.717, 1.165) is 35.2 Å². The van der Waals surface area contributed by atoms with Gasteiger partial charge in [-0.2, -0.15) is 0 Å². The first-order chi connectivity index (χ1) is 9.63. The largest absolute Gasteiger partial charge is 0.440 e. The molecule has 0 bridgehead atoms. The van der Waals surface area contributed by atoms with Gasteiger partial charge in [0.1, 0.15) is 5.76 Å². The molecule has 0 unspecified atom stereocenters. The summed E-state index contributed by atoms with van der Waals surface area (Å²) in [4.78, 5) is 25.0. The van der Waals surface area contributed by atoms with Gasteiger partial charge in [0, 0.05) is 25.2 Å². The second-order valence-electron chi connectivity index (χ2n) is 4.25. The molecule has 2 aliphatic heterocycles. The van der Waals surface area contributed by atoms with Crippen molar-refractivity contribution in [2.75, 3.05) is 31.2 Å². The lowest BCUT2D eigenvalue weighted by Crippen LogP contribution is -2.36. The van der Waals surface area contributed by atoms with Crippen molar-refractivity contribution in [2.45, 2.75) is 0 Å². The molecule has 2 aliphatic rings. The van der Waals surface area contributed by atoms with Crippen molar-refractivity contribution in [1.82, 2.24) is 5.32 Å². The third-order valence-corrected chi connectivity index (χ3v) is 4.28. The van der Waals surface area contributed by atoms with Crippen LogP contribution in [0.2, 0.25) is 0 Å². The SMILES string of the molecule is O=C1NC(=O)/C(=C\c2cc(Br)c(N3CCOCC3)o2)S1. The number of nitrogens with zero attached hydrogens (tertiary/aromatic N) is 1. The normalized spacial score (nSPS) is 21.6. The lowest BCUT2D eigenvalue weighted by Gasteiger charge is -2.26. The Kier molecular flexibility index (Phi) is 3.86. The minimum absolute atomic E-state index is 0.338. The Morgan fingerprint density at radius 1 is 1.35 bits per heavy atom. The highest BCUT2D eigenvalue weighted by Gasteiger charge is 2.26. The van der Waals surface area contributed by atoms with Crippen molar-refractivity contribution in [3.63, 3.8) is 0 Å². The third kappa shape index (κ3) is 2.77. The maximum atomic E-state index is 11.5. The molecule has 3 heterocycles. The van der Waals surface area contributed by atoms with Crippen LogP contribution in [0.4, 0.5) is 10.7 Å². The van der Waals surface area contributed by atoms with Crippen LogP contribution in [0, 0.1) is 0 Å². The fourth-order valence-corrected chi connectivity index (χ4v) is 3.20. The highest BCUT2D eigenvalue weighted by atomic mass is 79.9. The molecule has 0 saturated carbocycles. The number of rotatable bonds is 2. The molecule has 2 amide bonds. The van der Waals surface area contributed by atoms with Crippen LogP contribution in [0.3, 0.4) is 0 Å². The van der Waals surface area contributed by atoms with Crippen LogP contribution >= 0.6 is 27.7 Å². The molecule has 0 radical (unpaired) electrons. The molecule has 2 saturated heterocycles. The maximum absolute atomic E-state index is 11.5. The van der Waals surface area contributed by atoms with Crippen molar-refractivity contribution >= 4 is 50.8 Å². The third-order valence-electron chi connectivity index (χ3n) is 2.90. The predicted octanol–water partition coefficient (Wildman–Crippen LogP) is 2.20. The van der Waals surface area contributed by atoms with Crippen molar-refractivity contribution in [3.05, 3.63) is 21.2 Å². The number of nitrogens with one attached hydrogen (secondary N) is 1. The second kappa shape index (κ2) is 5.63. The molecule has 8 heteroatoms. The quantitative estimate of drug-likeness (QED) is 0.817. The Bertz CT molecular complexity index is 592. The molecular weight excluding hydrogens is 348 g/mol. The number of imide groups is 1. The molecule has 1 aromatic heterocycles. The van der Waals surface area contributed by atoms with Crippen molar-refractivity contribution < 1.29 is 18.7 Å². The van der Waals surface area contributed by atoms with E-state index in [1.165, 1.54) is 0 Å². The number of furan rings is 1. The van der Waals surface area contributed by atoms with E-state index >= 15 is 0 Å². The lowest BCUT2D eigenvalue weighted by molar-refractivity contribution is -0.115. The highest BCUT2D eigenvalue weighted by Crippen LogP contribution is 2.33. The molecule has 0 spiro atoms. The fourth-order valence-electron chi connectivity index (χ4n) is 1.98. The summed E-state index contributed by atoms with van der Waals surface area (Å²) in [6.45, 7) is 2.85. The molecule has 0 aromatic carbocycles. The summed E-state index contributed by atoms with van der Waals surface area (Å²) in [5.41, 5.74) is 0. The number of anilines is 1. The standard InChI is InChI=1S/C12H11BrN2O4S/c13-8-5-7(6-9-10(16)14-12(17)20-9)19-11(8)15-1-3-18-4-2-15/h5-6H,1-4H2,(H,14,16,17)/b9-6+. The first-order valence-electron chi connectivity index (χ1n) is 6.00. The second-order valence-corrected chi connectivity index (χ2v) is 6.12. The van der Waals surface area contributed by atoms with E-state index in [-0.39, 0.29) is 11.1 Å². The Morgan fingerprint density at radius 3 is 2.75 bits per heavy atom. The molecule has 2 fully saturated rings. The minimum Gasteiger partial charge on any atom is -0.440 e. The summed E-state index contributed by atoms with van der Waals surface area (Å²) in [6.07, 6.45) is 1.57. The van der Waals surface area contributed by atoms with E-state index in [0.29, 0.717) is 23.9 Å². The monoisotopic (exact) mass is 358 g/mol. The first kappa shape index (κ1) is 13.7. The van der Waals surface area contributed by atoms with E-state index in [9.17, 15) is 9.59 Å². The molecule has 0 atom stereocenters. The number of amides is 2. The predicted molar refractivity (Wildman–Crippen MR) is 78.5 cm³/mol. The number of thioether (sulfide) groups is 1. The van der Waals surface area contributed by atoms with E-state index < -0.39 is 0 Å². The molecule has 3 rings (SSSR count). The van der Waals surface area contributed by atoms with Crippen LogP contribution < -0.4 is 10.2 Å². The smallest absolute Gasteiger partial charge is 0.290 e. The van der Waals surface area contributed by atoms with E-state index in [1.54, 1.807) is 12.1 Å². The number of carbonyl (C=O) groups is 2. The Labute approximate surface area is 127 Å². The molecular formula is C12H11BrN2O4S. The Hall–Kier alpha value is -1.25.